The molecule has 1 saturated heterocycles. The highest BCUT2D eigenvalue weighted by Gasteiger charge is 2.37. The van der Waals surface area contributed by atoms with Gasteiger partial charge < -0.3 is 15.5 Å². The lowest BCUT2D eigenvalue weighted by molar-refractivity contribution is -0.141. The lowest BCUT2D eigenvalue weighted by Gasteiger charge is -2.41. The summed E-state index contributed by atoms with van der Waals surface area (Å²) in [5.74, 6) is 0.0171. The molecular formula is C13H21NO4. The Labute approximate surface area is 107 Å². The topological polar surface area (TPSA) is 86.6 Å². The summed E-state index contributed by atoms with van der Waals surface area (Å²) in [6.07, 6.45) is 4.88. The molecule has 0 spiro atoms. The number of carboxylic acids is 2. The molecule has 5 heteroatoms. The lowest BCUT2D eigenvalue weighted by Crippen LogP contribution is -2.49. The van der Waals surface area contributed by atoms with E-state index in [0.29, 0.717) is 24.2 Å². The molecule has 0 amide bonds. The fourth-order valence-corrected chi connectivity index (χ4v) is 3.44. The van der Waals surface area contributed by atoms with Gasteiger partial charge in [-0.2, -0.15) is 0 Å². The summed E-state index contributed by atoms with van der Waals surface area (Å²) in [4.78, 5) is 21.6. The number of nitrogens with one attached hydrogen (secondary N) is 1. The summed E-state index contributed by atoms with van der Waals surface area (Å²) in [6.45, 7) is 0.799. The number of rotatable bonds is 4. The van der Waals surface area contributed by atoms with Gasteiger partial charge in [-0.05, 0) is 50.0 Å². The maximum Gasteiger partial charge on any atom is 0.320 e. The molecule has 4 atom stereocenters. The van der Waals surface area contributed by atoms with Crippen molar-refractivity contribution < 1.29 is 19.8 Å². The van der Waals surface area contributed by atoms with Crippen LogP contribution in [0.3, 0.4) is 0 Å². The molecule has 102 valence electrons. The SMILES string of the molecule is O=C(O)CC[C@H]1CC[C@@H]2CN[C@@H](C(=O)O)C[C@@H]2C1. The highest BCUT2D eigenvalue weighted by molar-refractivity contribution is 5.73. The summed E-state index contributed by atoms with van der Waals surface area (Å²) in [6, 6.07) is -0.413. The maximum absolute atomic E-state index is 11.0. The molecule has 3 N–H and O–H groups in total. The van der Waals surface area contributed by atoms with Crippen molar-refractivity contribution in [1.29, 1.82) is 0 Å². The van der Waals surface area contributed by atoms with Gasteiger partial charge in [-0.15, -0.1) is 0 Å². The van der Waals surface area contributed by atoms with Crippen LogP contribution in [0.4, 0.5) is 0 Å². The number of hydrogen-bond acceptors (Lipinski definition) is 3. The largest absolute Gasteiger partial charge is 0.481 e. The van der Waals surface area contributed by atoms with E-state index in [1.165, 1.54) is 0 Å². The predicted molar refractivity (Wildman–Crippen MR) is 65.2 cm³/mol. The Morgan fingerprint density at radius 2 is 1.89 bits per heavy atom. The molecule has 2 aliphatic rings. The number of fused-ring (bicyclic) bond motifs is 1. The van der Waals surface area contributed by atoms with Gasteiger partial charge in [0.2, 0.25) is 0 Å². The normalized spacial score (nSPS) is 35.8. The number of aliphatic carboxylic acids is 2. The molecule has 0 aromatic heterocycles. The van der Waals surface area contributed by atoms with Crippen LogP contribution in [0, 0.1) is 17.8 Å². The van der Waals surface area contributed by atoms with Crippen molar-refractivity contribution in [1.82, 2.24) is 5.32 Å². The molecule has 0 radical (unpaired) electrons. The van der Waals surface area contributed by atoms with Gasteiger partial charge in [-0.1, -0.05) is 6.42 Å². The molecule has 18 heavy (non-hydrogen) atoms. The van der Waals surface area contributed by atoms with Crippen molar-refractivity contribution in [2.75, 3.05) is 6.54 Å². The summed E-state index contributed by atoms with van der Waals surface area (Å²) >= 11 is 0. The second kappa shape index (κ2) is 5.69. The fourth-order valence-electron chi connectivity index (χ4n) is 3.44. The highest BCUT2D eigenvalue weighted by Crippen LogP contribution is 2.40. The number of piperidine rings is 1. The Hall–Kier alpha value is -1.10. The van der Waals surface area contributed by atoms with E-state index in [1.54, 1.807) is 0 Å². The van der Waals surface area contributed by atoms with Crippen LogP contribution in [-0.2, 0) is 9.59 Å². The van der Waals surface area contributed by atoms with Crippen molar-refractivity contribution in [3.8, 4) is 0 Å². The van der Waals surface area contributed by atoms with Crippen molar-refractivity contribution in [3.63, 3.8) is 0 Å². The first kappa shape index (κ1) is 13.3. The second-order valence-corrected chi connectivity index (χ2v) is 5.67. The van der Waals surface area contributed by atoms with Crippen LogP contribution in [0.25, 0.3) is 0 Å². The fraction of sp³-hybridized carbons (Fsp3) is 0.846. The van der Waals surface area contributed by atoms with Gasteiger partial charge in [-0.3, -0.25) is 9.59 Å². The van der Waals surface area contributed by atoms with Crippen LogP contribution in [0.5, 0.6) is 0 Å². The molecular weight excluding hydrogens is 234 g/mol. The first-order valence-corrected chi connectivity index (χ1v) is 6.74. The van der Waals surface area contributed by atoms with E-state index in [0.717, 1.165) is 32.2 Å². The Balaban J connectivity index is 1.85. The quantitative estimate of drug-likeness (QED) is 0.705. The Bertz CT molecular complexity index is 331. The molecule has 1 aliphatic heterocycles. The van der Waals surface area contributed by atoms with Gasteiger partial charge in [0.1, 0.15) is 6.04 Å². The first-order valence-electron chi connectivity index (χ1n) is 6.74. The Morgan fingerprint density at radius 1 is 1.11 bits per heavy atom. The minimum Gasteiger partial charge on any atom is -0.481 e. The summed E-state index contributed by atoms with van der Waals surface area (Å²) < 4.78 is 0. The van der Waals surface area contributed by atoms with E-state index in [9.17, 15) is 9.59 Å². The van der Waals surface area contributed by atoms with Gasteiger partial charge in [0.25, 0.3) is 0 Å². The average molecular weight is 255 g/mol. The van der Waals surface area contributed by atoms with E-state index < -0.39 is 18.0 Å². The zero-order chi connectivity index (χ0) is 13.1. The summed E-state index contributed by atoms with van der Waals surface area (Å²) in [5.41, 5.74) is 0. The van der Waals surface area contributed by atoms with E-state index in [1.807, 2.05) is 0 Å². The van der Waals surface area contributed by atoms with E-state index in [2.05, 4.69) is 5.32 Å². The third kappa shape index (κ3) is 3.22. The van der Waals surface area contributed by atoms with E-state index >= 15 is 0 Å². The molecule has 0 aromatic carbocycles. The van der Waals surface area contributed by atoms with Crippen LogP contribution in [-0.4, -0.2) is 34.7 Å². The van der Waals surface area contributed by atoms with Crippen molar-refractivity contribution in [2.45, 2.75) is 44.6 Å². The molecule has 0 bridgehead atoms. The van der Waals surface area contributed by atoms with Crippen LogP contribution in [0.15, 0.2) is 0 Å². The van der Waals surface area contributed by atoms with Crippen molar-refractivity contribution >= 4 is 11.9 Å². The van der Waals surface area contributed by atoms with Crippen LogP contribution >= 0.6 is 0 Å². The highest BCUT2D eigenvalue weighted by atomic mass is 16.4. The molecule has 1 aliphatic carbocycles. The van der Waals surface area contributed by atoms with Gasteiger partial charge in [0.15, 0.2) is 0 Å². The molecule has 0 unspecified atom stereocenters. The number of carboxylic acid groups (broad SMARTS) is 2. The molecule has 2 rings (SSSR count). The monoisotopic (exact) mass is 255 g/mol. The Kier molecular flexibility index (Phi) is 4.22. The zero-order valence-electron chi connectivity index (χ0n) is 10.5. The molecule has 0 aromatic rings. The van der Waals surface area contributed by atoms with Crippen LogP contribution in [0.2, 0.25) is 0 Å². The average Bonchev–Trinajstić information content (AvgIpc) is 2.35. The molecule has 1 heterocycles. The van der Waals surface area contributed by atoms with Crippen molar-refractivity contribution in [2.24, 2.45) is 17.8 Å². The standard InChI is InChI=1S/C13H21NO4/c15-12(16)4-2-8-1-3-9-7-14-11(13(17)18)6-10(9)5-8/h8-11,14H,1-7H2,(H,15,16)(H,17,18)/t8-,9-,10+,11-/m1/s1. The number of hydrogen-bond donors (Lipinski definition) is 3. The number of carbonyl (C=O) groups is 2. The third-order valence-corrected chi connectivity index (χ3v) is 4.48. The van der Waals surface area contributed by atoms with E-state index in [4.69, 9.17) is 10.2 Å². The minimum absolute atomic E-state index is 0.239. The molecule has 5 nitrogen and oxygen atoms in total. The Morgan fingerprint density at radius 3 is 2.56 bits per heavy atom. The van der Waals surface area contributed by atoms with E-state index in [-0.39, 0.29) is 6.42 Å². The minimum atomic E-state index is -0.763. The van der Waals surface area contributed by atoms with Gasteiger partial charge in [-0.25, -0.2) is 0 Å². The first-order chi connectivity index (χ1) is 8.56. The van der Waals surface area contributed by atoms with Gasteiger partial charge in [0.05, 0.1) is 0 Å². The summed E-state index contributed by atoms with van der Waals surface area (Å²) in [7, 11) is 0. The third-order valence-electron chi connectivity index (χ3n) is 4.48. The second-order valence-electron chi connectivity index (χ2n) is 5.67. The summed E-state index contributed by atoms with van der Waals surface area (Å²) in [5, 5.41) is 20.8. The van der Waals surface area contributed by atoms with Gasteiger partial charge in [0, 0.05) is 6.42 Å². The predicted octanol–water partition coefficient (Wildman–Crippen LogP) is 1.33. The molecule has 2 fully saturated rings. The zero-order valence-corrected chi connectivity index (χ0v) is 10.5. The van der Waals surface area contributed by atoms with Crippen molar-refractivity contribution in [3.05, 3.63) is 0 Å². The lowest BCUT2D eigenvalue weighted by atomic mass is 9.69. The smallest absolute Gasteiger partial charge is 0.320 e. The van der Waals surface area contributed by atoms with Crippen LogP contribution < -0.4 is 5.32 Å². The van der Waals surface area contributed by atoms with Crippen LogP contribution in [0.1, 0.15) is 38.5 Å². The molecule has 1 saturated carbocycles. The maximum atomic E-state index is 11.0. The van der Waals surface area contributed by atoms with Gasteiger partial charge >= 0.3 is 11.9 Å².